The predicted molar refractivity (Wildman–Crippen MR) is 163 cm³/mol. The van der Waals surface area contributed by atoms with Crippen molar-refractivity contribution in [3.8, 4) is 0 Å². The molecule has 0 aliphatic carbocycles. The number of ether oxygens (including phenoxy) is 1. The van der Waals surface area contributed by atoms with Gasteiger partial charge in [-0.2, -0.15) is 0 Å². The fraction of sp³-hybridized carbons (Fsp3) is 0.533. The molecule has 0 aliphatic rings. The number of hydrogen-bond donors (Lipinski definition) is 4. The molecule has 4 N–H and O–H groups in total. The summed E-state index contributed by atoms with van der Waals surface area (Å²) in [5, 5.41) is 5.82. The molecule has 10 nitrogen and oxygen atoms in total. The summed E-state index contributed by atoms with van der Waals surface area (Å²) in [4.78, 5) is 47.4. The number of nitrogens with zero attached hydrogens (tertiary/aromatic N) is 1. The Morgan fingerprint density at radius 2 is 1.56 bits per heavy atom. The number of aryl methyl sites for hydroxylation is 1. The Morgan fingerprint density at radius 3 is 2.07 bits per heavy atom. The van der Waals surface area contributed by atoms with Crippen LogP contribution in [0.25, 0.3) is 0 Å². The number of anilines is 3. The molecule has 11 heteroatoms. The summed E-state index contributed by atoms with van der Waals surface area (Å²) in [6.07, 6.45) is -0.664. The van der Waals surface area contributed by atoms with Crippen molar-refractivity contribution in [3.63, 3.8) is 0 Å². The van der Waals surface area contributed by atoms with Crippen LogP contribution in [0.1, 0.15) is 71.4 Å². The molecule has 0 heterocycles. The molecule has 2 unspecified atom stereocenters. The van der Waals surface area contributed by atoms with Crippen LogP contribution in [-0.2, 0) is 18.6 Å². The highest BCUT2D eigenvalue weighted by Crippen LogP contribution is 2.43. The van der Waals surface area contributed by atoms with Crippen LogP contribution in [0.4, 0.5) is 21.9 Å². The lowest BCUT2D eigenvalue weighted by molar-refractivity contribution is -0.154. The maximum atomic E-state index is 13.1. The summed E-state index contributed by atoms with van der Waals surface area (Å²) < 4.78 is 22.0. The van der Waals surface area contributed by atoms with Crippen molar-refractivity contribution in [1.82, 2.24) is 0 Å². The maximum Gasteiger partial charge on any atom is 0.470 e. The highest BCUT2D eigenvalue weighted by atomic mass is 31.2. The number of phosphoric ester groups is 1. The maximum absolute atomic E-state index is 13.1. The molecule has 2 amide bonds. The summed E-state index contributed by atoms with van der Waals surface area (Å²) in [6.45, 7) is 15.7. The molecule has 2 aromatic rings. The fourth-order valence-corrected chi connectivity index (χ4v) is 5.10. The van der Waals surface area contributed by atoms with E-state index in [2.05, 4.69) is 43.2 Å². The van der Waals surface area contributed by atoms with Gasteiger partial charge in [-0.05, 0) is 61.4 Å². The van der Waals surface area contributed by atoms with Gasteiger partial charge in [-0.25, -0.2) is 14.2 Å². The molecular weight excluding hydrogens is 545 g/mol. The molecule has 0 fully saturated rings. The molecule has 2 rings (SSSR count). The van der Waals surface area contributed by atoms with Crippen LogP contribution in [0.3, 0.4) is 0 Å². The zero-order chi connectivity index (χ0) is 30.7. The normalized spacial score (nSPS) is 13.1. The Hall–Kier alpha value is -2.91. The van der Waals surface area contributed by atoms with E-state index in [9.17, 15) is 23.9 Å². The number of carbonyl (C=O) groups is 2. The molecule has 228 valence electrons. The van der Waals surface area contributed by atoms with E-state index in [0.717, 1.165) is 24.3 Å². The van der Waals surface area contributed by atoms with Crippen molar-refractivity contribution in [2.24, 2.45) is 11.8 Å². The fourth-order valence-electron chi connectivity index (χ4n) is 4.57. The summed E-state index contributed by atoms with van der Waals surface area (Å²) in [6, 6.07) is 12.4. The molecule has 41 heavy (non-hydrogen) atoms. The molecular formula is C30H46N3O7P. The highest BCUT2D eigenvalue weighted by Gasteiger charge is 2.37. The van der Waals surface area contributed by atoms with Crippen LogP contribution >= 0.6 is 7.82 Å². The van der Waals surface area contributed by atoms with Crippen LogP contribution in [0, 0.1) is 18.8 Å². The van der Waals surface area contributed by atoms with Gasteiger partial charge in [-0.15, -0.1) is 0 Å². The molecule has 0 radical (unpaired) electrons. The number of phosphoric acid groups is 1. The van der Waals surface area contributed by atoms with Crippen LogP contribution < -0.4 is 15.5 Å². The lowest BCUT2D eigenvalue weighted by Gasteiger charge is -2.32. The number of carbonyl (C=O) groups excluding carboxylic acids is 2. The number of esters is 1. The molecule has 0 aliphatic heterocycles. The summed E-state index contributed by atoms with van der Waals surface area (Å²) in [5.41, 5.74) is 3.57. The van der Waals surface area contributed by atoms with E-state index in [1.807, 2.05) is 50.2 Å². The molecule has 0 saturated carbocycles. The van der Waals surface area contributed by atoms with E-state index in [4.69, 9.17) is 9.26 Å². The van der Waals surface area contributed by atoms with Crippen molar-refractivity contribution >= 4 is 36.9 Å². The Kier molecular flexibility index (Phi) is 13.3. The molecule has 0 aromatic heterocycles. The van der Waals surface area contributed by atoms with Crippen LogP contribution in [-0.4, -0.2) is 47.6 Å². The van der Waals surface area contributed by atoms with Crippen molar-refractivity contribution < 1.29 is 33.2 Å². The minimum Gasteiger partial charge on any atom is -0.464 e. The molecule has 0 bridgehead atoms. The van der Waals surface area contributed by atoms with Gasteiger partial charge < -0.3 is 30.1 Å². The number of hydrogen-bond acceptors (Lipinski definition) is 6. The van der Waals surface area contributed by atoms with Crippen LogP contribution in [0.5, 0.6) is 0 Å². The van der Waals surface area contributed by atoms with Crippen molar-refractivity contribution in [1.29, 1.82) is 0 Å². The van der Waals surface area contributed by atoms with E-state index in [1.54, 1.807) is 13.0 Å². The third kappa shape index (κ3) is 11.5. The third-order valence-corrected chi connectivity index (χ3v) is 6.76. The van der Waals surface area contributed by atoms with E-state index in [1.165, 1.54) is 0 Å². The first-order chi connectivity index (χ1) is 19.2. The van der Waals surface area contributed by atoms with Crippen molar-refractivity contribution in [3.05, 3.63) is 53.6 Å². The van der Waals surface area contributed by atoms with E-state index >= 15 is 0 Å². The molecule has 2 atom stereocenters. The third-order valence-electron chi connectivity index (χ3n) is 6.26. The predicted octanol–water partition coefficient (Wildman–Crippen LogP) is 6.68. The quantitative estimate of drug-likeness (QED) is 0.133. The van der Waals surface area contributed by atoms with Crippen molar-refractivity contribution in [2.75, 3.05) is 35.2 Å². The number of amides is 2. The largest absolute Gasteiger partial charge is 0.470 e. The smallest absolute Gasteiger partial charge is 0.464 e. The average molecular weight is 592 g/mol. The summed E-state index contributed by atoms with van der Waals surface area (Å²) in [7, 11) is -5.02. The first kappa shape index (κ1) is 34.3. The number of urea groups is 1. The zero-order valence-corrected chi connectivity index (χ0v) is 26.1. The van der Waals surface area contributed by atoms with Gasteiger partial charge in [0.25, 0.3) is 0 Å². The van der Waals surface area contributed by atoms with Crippen LogP contribution in [0.2, 0.25) is 0 Å². The van der Waals surface area contributed by atoms with Gasteiger partial charge in [0, 0.05) is 24.7 Å². The van der Waals surface area contributed by atoms with Gasteiger partial charge >= 0.3 is 19.8 Å². The van der Waals surface area contributed by atoms with Gasteiger partial charge in [0.15, 0.2) is 6.10 Å². The Bertz CT molecular complexity index is 1170. The van der Waals surface area contributed by atoms with Crippen LogP contribution in [0.15, 0.2) is 42.5 Å². The topological polar surface area (TPSA) is 137 Å². The Labute approximate surface area is 244 Å². The monoisotopic (exact) mass is 591 g/mol. The van der Waals surface area contributed by atoms with E-state index in [0.29, 0.717) is 41.6 Å². The van der Waals surface area contributed by atoms with Gasteiger partial charge in [0.2, 0.25) is 0 Å². The highest BCUT2D eigenvalue weighted by molar-refractivity contribution is 7.46. The second-order valence-electron chi connectivity index (χ2n) is 11.1. The lowest BCUT2D eigenvalue weighted by atomic mass is 9.90. The Balaban J connectivity index is 2.57. The first-order valence-corrected chi connectivity index (χ1v) is 15.7. The second-order valence-corrected chi connectivity index (χ2v) is 12.3. The van der Waals surface area contributed by atoms with Gasteiger partial charge in [-0.3, -0.25) is 4.52 Å². The second kappa shape index (κ2) is 15.9. The summed E-state index contributed by atoms with van der Waals surface area (Å²) in [5.74, 6) is -0.898. The molecule has 2 aromatic carbocycles. The first-order valence-electron chi connectivity index (χ1n) is 14.2. The summed E-state index contributed by atoms with van der Waals surface area (Å²) >= 11 is 0. The molecule has 0 saturated heterocycles. The van der Waals surface area contributed by atoms with E-state index in [-0.39, 0.29) is 6.61 Å². The Morgan fingerprint density at radius 1 is 0.951 bits per heavy atom. The van der Waals surface area contributed by atoms with E-state index < -0.39 is 31.8 Å². The van der Waals surface area contributed by atoms with Gasteiger partial charge in [0.1, 0.15) is 0 Å². The SMILES string of the molecule is CCCOC(=O)C(OP(=O)(O)O)C(CC)c1ccc(N(CC(C)C)CC(C)C)c(NC(=O)Nc2ccc(C)cc2)c1. The van der Waals surface area contributed by atoms with Gasteiger partial charge in [-0.1, -0.05) is 65.3 Å². The zero-order valence-electron chi connectivity index (χ0n) is 25.2. The minimum atomic E-state index is -5.02. The van der Waals surface area contributed by atoms with Crippen molar-refractivity contribution in [2.45, 2.75) is 73.3 Å². The number of nitrogens with one attached hydrogen (secondary N) is 2. The number of rotatable bonds is 15. The minimum absolute atomic E-state index is 0.0978. The molecule has 0 spiro atoms. The lowest BCUT2D eigenvalue weighted by Crippen LogP contribution is -2.34. The van der Waals surface area contributed by atoms with Gasteiger partial charge in [0.05, 0.1) is 18.0 Å². The number of benzene rings is 2. The standard InChI is InChI=1S/C30H46N3O7P/c1-8-16-39-29(34)28(40-41(36,37)38)25(9-2)23-12-15-27(33(18-20(3)4)19-21(5)6)26(17-23)32-30(35)31-24-13-10-22(7)11-14-24/h10-15,17,20-21,25,28H,8-9,16,18-19H2,1-7H3,(H2,31,32,35)(H2,36,37,38). The average Bonchev–Trinajstić information content (AvgIpc) is 2.87.